The first-order valence-corrected chi connectivity index (χ1v) is 8.30. The van der Waals surface area contributed by atoms with Gasteiger partial charge in [-0.3, -0.25) is 4.79 Å². The molecular weight excluding hydrogens is 262 g/mol. The molecule has 0 N–H and O–H groups in total. The van der Waals surface area contributed by atoms with E-state index in [-0.39, 0.29) is 0 Å². The van der Waals surface area contributed by atoms with Gasteiger partial charge in [-0.2, -0.15) is 0 Å². The Labute approximate surface area is 127 Å². The van der Waals surface area contributed by atoms with Gasteiger partial charge < -0.3 is 9.80 Å². The molecule has 114 valence electrons. The van der Waals surface area contributed by atoms with Crippen molar-refractivity contribution >= 4 is 11.7 Å². The molecule has 0 saturated carbocycles. The van der Waals surface area contributed by atoms with Crippen molar-refractivity contribution < 1.29 is 4.79 Å². The van der Waals surface area contributed by atoms with Gasteiger partial charge in [-0.1, -0.05) is 0 Å². The summed E-state index contributed by atoms with van der Waals surface area (Å²) in [6, 6.07) is 4.21. The van der Waals surface area contributed by atoms with E-state index in [4.69, 9.17) is 0 Å². The lowest BCUT2D eigenvalue weighted by atomic mass is 10.1. The number of aryl methyl sites for hydroxylation is 1. The zero-order valence-electron chi connectivity index (χ0n) is 12.8. The zero-order valence-corrected chi connectivity index (χ0v) is 12.8. The van der Waals surface area contributed by atoms with Crippen LogP contribution in [0.3, 0.4) is 0 Å². The number of likely N-dealkylation sites (tertiary alicyclic amines) is 1. The summed E-state index contributed by atoms with van der Waals surface area (Å²) in [6.45, 7) is 4.13. The SMILES string of the molecule is O=C(CCc1ccnc(N2CCCC2)c1)N1CCCCC1. The summed E-state index contributed by atoms with van der Waals surface area (Å²) >= 11 is 0. The normalized spacial score (nSPS) is 19.0. The monoisotopic (exact) mass is 287 g/mol. The molecule has 1 aromatic rings. The molecular formula is C17H25N3O. The molecule has 2 fully saturated rings. The Hall–Kier alpha value is -1.58. The summed E-state index contributed by atoms with van der Waals surface area (Å²) < 4.78 is 0. The summed E-state index contributed by atoms with van der Waals surface area (Å²) in [5.74, 6) is 1.39. The quantitative estimate of drug-likeness (QED) is 0.854. The molecule has 0 radical (unpaired) electrons. The number of amides is 1. The second kappa shape index (κ2) is 6.92. The van der Waals surface area contributed by atoms with Crippen LogP contribution in [0.15, 0.2) is 18.3 Å². The summed E-state index contributed by atoms with van der Waals surface area (Å²) in [5, 5.41) is 0. The molecule has 0 bridgehead atoms. The fourth-order valence-electron chi connectivity index (χ4n) is 3.29. The molecule has 21 heavy (non-hydrogen) atoms. The van der Waals surface area contributed by atoms with Crippen LogP contribution >= 0.6 is 0 Å². The number of pyridine rings is 1. The molecule has 1 amide bonds. The van der Waals surface area contributed by atoms with Gasteiger partial charge in [-0.25, -0.2) is 4.98 Å². The Morgan fingerprint density at radius 1 is 1.05 bits per heavy atom. The maximum absolute atomic E-state index is 12.2. The number of hydrogen-bond acceptors (Lipinski definition) is 3. The summed E-state index contributed by atoms with van der Waals surface area (Å²) in [4.78, 5) is 21.1. The van der Waals surface area contributed by atoms with Crippen molar-refractivity contribution in [2.75, 3.05) is 31.1 Å². The predicted octanol–water partition coefficient (Wildman–Crippen LogP) is 2.63. The molecule has 3 heterocycles. The second-order valence-corrected chi connectivity index (χ2v) is 6.16. The highest BCUT2D eigenvalue weighted by molar-refractivity contribution is 5.76. The van der Waals surface area contributed by atoms with Crippen LogP contribution in [0, 0.1) is 0 Å². The number of anilines is 1. The number of carbonyl (C=O) groups excluding carboxylic acids is 1. The fourth-order valence-corrected chi connectivity index (χ4v) is 3.29. The van der Waals surface area contributed by atoms with Crippen molar-refractivity contribution in [3.05, 3.63) is 23.9 Å². The van der Waals surface area contributed by atoms with Gasteiger partial charge in [-0.05, 0) is 56.2 Å². The minimum atomic E-state index is 0.314. The van der Waals surface area contributed by atoms with Gasteiger partial charge in [0.25, 0.3) is 0 Å². The van der Waals surface area contributed by atoms with E-state index in [1.807, 2.05) is 17.2 Å². The third-order valence-electron chi connectivity index (χ3n) is 4.58. The molecule has 4 heteroatoms. The average Bonchev–Trinajstić information content (AvgIpc) is 3.08. The molecule has 3 rings (SSSR count). The van der Waals surface area contributed by atoms with Crippen molar-refractivity contribution in [3.8, 4) is 0 Å². The van der Waals surface area contributed by atoms with Crippen LogP contribution in [0.1, 0.15) is 44.1 Å². The first-order valence-electron chi connectivity index (χ1n) is 8.30. The molecule has 0 aliphatic carbocycles. The van der Waals surface area contributed by atoms with Gasteiger partial charge in [0.15, 0.2) is 0 Å². The third kappa shape index (κ3) is 3.74. The number of aromatic nitrogens is 1. The summed E-state index contributed by atoms with van der Waals surface area (Å²) in [7, 11) is 0. The number of carbonyl (C=O) groups is 1. The van der Waals surface area contributed by atoms with Gasteiger partial charge >= 0.3 is 0 Å². The Morgan fingerprint density at radius 3 is 2.52 bits per heavy atom. The van der Waals surface area contributed by atoms with Crippen LogP contribution in [0.5, 0.6) is 0 Å². The molecule has 4 nitrogen and oxygen atoms in total. The van der Waals surface area contributed by atoms with Gasteiger partial charge in [0.2, 0.25) is 5.91 Å². The molecule has 0 unspecified atom stereocenters. The Morgan fingerprint density at radius 2 is 1.76 bits per heavy atom. The highest BCUT2D eigenvalue weighted by Gasteiger charge is 2.17. The summed E-state index contributed by atoms with van der Waals surface area (Å²) in [6.07, 6.45) is 9.47. The molecule has 0 aromatic carbocycles. The van der Waals surface area contributed by atoms with Crippen molar-refractivity contribution in [2.24, 2.45) is 0 Å². The highest BCUT2D eigenvalue weighted by atomic mass is 16.2. The third-order valence-corrected chi connectivity index (χ3v) is 4.58. The highest BCUT2D eigenvalue weighted by Crippen LogP contribution is 2.19. The van der Waals surface area contributed by atoms with Crippen LogP contribution in [0.25, 0.3) is 0 Å². The van der Waals surface area contributed by atoms with Crippen molar-refractivity contribution in [1.82, 2.24) is 9.88 Å². The predicted molar refractivity (Wildman–Crippen MR) is 84.4 cm³/mol. The molecule has 2 aliphatic rings. The van der Waals surface area contributed by atoms with E-state index in [0.29, 0.717) is 12.3 Å². The molecule has 2 saturated heterocycles. The van der Waals surface area contributed by atoms with Crippen molar-refractivity contribution in [2.45, 2.75) is 44.9 Å². The van der Waals surface area contributed by atoms with Gasteiger partial charge in [0, 0.05) is 38.8 Å². The van der Waals surface area contributed by atoms with E-state index in [0.717, 1.165) is 38.4 Å². The van der Waals surface area contributed by atoms with Crippen LogP contribution in [0.4, 0.5) is 5.82 Å². The van der Waals surface area contributed by atoms with Crippen molar-refractivity contribution in [1.29, 1.82) is 0 Å². The largest absolute Gasteiger partial charge is 0.357 e. The number of piperidine rings is 1. The first kappa shape index (κ1) is 14.4. The first-order chi connectivity index (χ1) is 10.3. The van der Waals surface area contributed by atoms with Crippen molar-refractivity contribution in [3.63, 3.8) is 0 Å². The lowest BCUT2D eigenvalue weighted by molar-refractivity contribution is -0.132. The minimum Gasteiger partial charge on any atom is -0.357 e. The van der Waals surface area contributed by atoms with Gasteiger partial charge in [0.1, 0.15) is 5.82 Å². The smallest absolute Gasteiger partial charge is 0.222 e. The molecule has 0 atom stereocenters. The lowest BCUT2D eigenvalue weighted by Gasteiger charge is -2.26. The second-order valence-electron chi connectivity index (χ2n) is 6.16. The Bertz CT molecular complexity index is 477. The zero-order chi connectivity index (χ0) is 14.5. The Balaban J connectivity index is 1.54. The summed E-state index contributed by atoms with van der Waals surface area (Å²) in [5.41, 5.74) is 1.23. The molecule has 0 spiro atoms. The average molecular weight is 287 g/mol. The van der Waals surface area contributed by atoms with Gasteiger partial charge in [-0.15, -0.1) is 0 Å². The Kier molecular flexibility index (Phi) is 4.73. The van der Waals surface area contributed by atoms with E-state index in [1.54, 1.807) is 0 Å². The molecule has 2 aliphatic heterocycles. The standard InChI is InChI=1S/C17H25N3O/c21-17(20-12-2-1-3-13-20)7-6-15-8-9-18-16(14-15)19-10-4-5-11-19/h8-9,14H,1-7,10-13H2. The van der Waals surface area contributed by atoms with E-state index < -0.39 is 0 Å². The van der Waals surface area contributed by atoms with E-state index in [9.17, 15) is 4.79 Å². The van der Waals surface area contributed by atoms with E-state index in [2.05, 4.69) is 16.0 Å². The van der Waals surface area contributed by atoms with Crippen LogP contribution < -0.4 is 4.90 Å². The van der Waals surface area contributed by atoms with E-state index >= 15 is 0 Å². The maximum atomic E-state index is 12.2. The van der Waals surface area contributed by atoms with Crippen LogP contribution in [-0.2, 0) is 11.2 Å². The van der Waals surface area contributed by atoms with Gasteiger partial charge in [0.05, 0.1) is 0 Å². The van der Waals surface area contributed by atoms with E-state index in [1.165, 1.54) is 37.7 Å². The fraction of sp³-hybridized carbons (Fsp3) is 0.647. The maximum Gasteiger partial charge on any atom is 0.222 e. The van der Waals surface area contributed by atoms with Crippen LogP contribution in [0.2, 0.25) is 0 Å². The number of rotatable bonds is 4. The lowest BCUT2D eigenvalue weighted by Crippen LogP contribution is -2.35. The molecule has 1 aromatic heterocycles. The van der Waals surface area contributed by atoms with Crippen LogP contribution in [-0.4, -0.2) is 42.0 Å². The topological polar surface area (TPSA) is 36.4 Å². The minimum absolute atomic E-state index is 0.314. The number of nitrogens with zero attached hydrogens (tertiary/aromatic N) is 3. The number of hydrogen-bond donors (Lipinski definition) is 0.